The van der Waals surface area contributed by atoms with Gasteiger partial charge in [-0.25, -0.2) is 12.7 Å². The Balaban J connectivity index is 0.00000450. The van der Waals surface area contributed by atoms with Crippen LogP contribution < -0.4 is 20.1 Å². The summed E-state index contributed by atoms with van der Waals surface area (Å²) in [4.78, 5) is 4.47. The highest BCUT2D eigenvalue weighted by Crippen LogP contribution is 2.29. The van der Waals surface area contributed by atoms with E-state index in [1.54, 1.807) is 30.3 Å². The minimum absolute atomic E-state index is 0. The summed E-state index contributed by atoms with van der Waals surface area (Å²) in [5, 5.41) is 6.49. The maximum Gasteiger partial charge on any atom is 0.215 e. The van der Waals surface area contributed by atoms with E-state index < -0.39 is 10.0 Å². The minimum Gasteiger partial charge on any atom is -0.497 e. The van der Waals surface area contributed by atoms with Gasteiger partial charge in [-0.05, 0) is 32.0 Å². The fourth-order valence-corrected chi connectivity index (χ4v) is 5.46. The number of hydrogen-bond donors (Lipinski definition) is 2. The second kappa shape index (κ2) is 13.5. The average molecular weight is 573 g/mol. The highest BCUT2D eigenvalue weighted by molar-refractivity contribution is 14.0. The summed E-state index contributed by atoms with van der Waals surface area (Å²) in [6, 6.07) is 5.51. The number of rotatable bonds is 9. The molecule has 1 fully saturated rings. The Bertz CT molecular complexity index is 787. The van der Waals surface area contributed by atoms with Crippen molar-refractivity contribution in [1.82, 2.24) is 14.9 Å². The number of thioether (sulfide) groups is 1. The van der Waals surface area contributed by atoms with Gasteiger partial charge in [0.25, 0.3) is 0 Å². The maximum absolute atomic E-state index is 12.5. The van der Waals surface area contributed by atoms with E-state index in [2.05, 4.69) is 15.6 Å². The molecule has 0 saturated carbocycles. The predicted molar refractivity (Wildman–Crippen MR) is 135 cm³/mol. The highest BCUT2D eigenvalue weighted by Gasteiger charge is 2.23. The molecule has 0 aromatic heterocycles. The Morgan fingerprint density at radius 2 is 1.97 bits per heavy atom. The van der Waals surface area contributed by atoms with Crippen molar-refractivity contribution in [2.75, 3.05) is 57.7 Å². The molecule has 0 aliphatic carbocycles. The molecule has 1 atom stereocenters. The molecule has 11 heteroatoms. The molecular formula is C19H33IN4O4S2. The number of benzene rings is 1. The van der Waals surface area contributed by atoms with Gasteiger partial charge in [-0.15, -0.1) is 24.0 Å². The Morgan fingerprint density at radius 1 is 1.27 bits per heavy atom. The molecule has 1 aliphatic heterocycles. The first-order valence-corrected chi connectivity index (χ1v) is 12.5. The maximum atomic E-state index is 12.5. The largest absolute Gasteiger partial charge is 0.497 e. The number of ether oxygens (including phenoxy) is 2. The van der Waals surface area contributed by atoms with Gasteiger partial charge in [0.05, 0.1) is 32.6 Å². The zero-order valence-electron chi connectivity index (χ0n) is 18.0. The van der Waals surface area contributed by atoms with Crippen LogP contribution in [-0.2, 0) is 10.0 Å². The number of sulfonamides is 1. The van der Waals surface area contributed by atoms with E-state index in [0.717, 1.165) is 28.6 Å². The van der Waals surface area contributed by atoms with Crippen LogP contribution in [-0.4, -0.2) is 76.3 Å². The SMILES string of the molecule is CCNC(=NCCS(=O)(=O)N1CCSCC1)NC(C)c1cc(OC)ccc1OC.I. The number of nitrogens with zero attached hydrogens (tertiary/aromatic N) is 2. The van der Waals surface area contributed by atoms with Gasteiger partial charge in [-0.2, -0.15) is 11.8 Å². The third-order valence-electron chi connectivity index (χ3n) is 4.58. The van der Waals surface area contributed by atoms with E-state index in [0.29, 0.717) is 25.6 Å². The highest BCUT2D eigenvalue weighted by atomic mass is 127. The van der Waals surface area contributed by atoms with E-state index in [1.165, 1.54) is 0 Å². The zero-order chi connectivity index (χ0) is 21.3. The van der Waals surface area contributed by atoms with Crippen LogP contribution in [0.1, 0.15) is 25.5 Å². The molecule has 0 spiro atoms. The fraction of sp³-hybridized carbons (Fsp3) is 0.632. The first-order chi connectivity index (χ1) is 13.9. The molecule has 1 aliphatic rings. The fourth-order valence-electron chi connectivity index (χ4n) is 3.01. The number of hydrogen-bond acceptors (Lipinski definition) is 6. The average Bonchev–Trinajstić information content (AvgIpc) is 2.73. The Morgan fingerprint density at radius 3 is 2.57 bits per heavy atom. The summed E-state index contributed by atoms with van der Waals surface area (Å²) in [7, 11) is -0.0254. The standard InChI is InChI=1S/C19H32N4O4S2.HI/c1-5-20-19(21-8-13-29(24,25)23-9-11-28-12-10-23)22-15(2)17-14-16(26-3)6-7-18(17)27-4;/h6-7,14-15H,5,8-13H2,1-4H3,(H2,20,21,22);1H. The number of guanidine groups is 1. The molecule has 8 nitrogen and oxygen atoms in total. The third-order valence-corrected chi connectivity index (χ3v) is 7.38. The van der Waals surface area contributed by atoms with Gasteiger partial charge in [-0.1, -0.05) is 0 Å². The van der Waals surface area contributed by atoms with Crippen molar-refractivity contribution in [2.24, 2.45) is 4.99 Å². The molecule has 1 saturated heterocycles. The van der Waals surface area contributed by atoms with Gasteiger partial charge in [0, 0.05) is 36.7 Å². The monoisotopic (exact) mass is 572 g/mol. The second-order valence-electron chi connectivity index (χ2n) is 6.56. The molecule has 0 radical (unpaired) electrons. The van der Waals surface area contributed by atoms with Gasteiger partial charge >= 0.3 is 0 Å². The number of aliphatic imine (C=N–C) groups is 1. The van der Waals surface area contributed by atoms with Crippen LogP contribution in [0, 0.1) is 0 Å². The topological polar surface area (TPSA) is 92.3 Å². The van der Waals surface area contributed by atoms with E-state index in [9.17, 15) is 8.42 Å². The minimum atomic E-state index is -3.27. The Kier molecular flexibility index (Phi) is 12.2. The summed E-state index contributed by atoms with van der Waals surface area (Å²) < 4.78 is 37.3. The van der Waals surface area contributed by atoms with E-state index in [1.807, 2.05) is 32.0 Å². The van der Waals surface area contributed by atoms with Crippen LogP contribution in [0.2, 0.25) is 0 Å². The van der Waals surface area contributed by atoms with Crippen molar-refractivity contribution >= 4 is 51.7 Å². The molecule has 30 heavy (non-hydrogen) atoms. The van der Waals surface area contributed by atoms with Crippen molar-refractivity contribution in [3.05, 3.63) is 23.8 Å². The van der Waals surface area contributed by atoms with Crippen LogP contribution >= 0.6 is 35.7 Å². The lowest BCUT2D eigenvalue weighted by atomic mass is 10.1. The summed E-state index contributed by atoms with van der Waals surface area (Å²) in [5.74, 6) is 3.76. The molecule has 172 valence electrons. The normalized spacial score (nSPS) is 16.3. The first-order valence-electron chi connectivity index (χ1n) is 9.73. The Labute approximate surface area is 201 Å². The van der Waals surface area contributed by atoms with E-state index in [4.69, 9.17) is 9.47 Å². The summed E-state index contributed by atoms with van der Waals surface area (Å²) in [5.41, 5.74) is 0.927. The van der Waals surface area contributed by atoms with Crippen LogP contribution in [0.5, 0.6) is 11.5 Å². The summed E-state index contributed by atoms with van der Waals surface area (Å²) in [6.45, 7) is 6.00. The molecule has 1 heterocycles. The predicted octanol–water partition coefficient (Wildman–Crippen LogP) is 2.32. The van der Waals surface area contributed by atoms with Crippen molar-refractivity contribution < 1.29 is 17.9 Å². The van der Waals surface area contributed by atoms with E-state index >= 15 is 0 Å². The van der Waals surface area contributed by atoms with Crippen molar-refractivity contribution in [1.29, 1.82) is 0 Å². The molecule has 0 bridgehead atoms. The van der Waals surface area contributed by atoms with Crippen molar-refractivity contribution in [3.63, 3.8) is 0 Å². The van der Waals surface area contributed by atoms with Crippen LogP contribution in [0.3, 0.4) is 0 Å². The lowest BCUT2D eigenvalue weighted by molar-refractivity contribution is 0.394. The first kappa shape index (κ1) is 27.1. The van der Waals surface area contributed by atoms with Gasteiger partial charge < -0.3 is 20.1 Å². The van der Waals surface area contributed by atoms with Gasteiger partial charge in [0.1, 0.15) is 11.5 Å². The quantitative estimate of drug-likeness (QED) is 0.267. The van der Waals surface area contributed by atoms with Gasteiger partial charge in [0.15, 0.2) is 5.96 Å². The zero-order valence-corrected chi connectivity index (χ0v) is 22.0. The molecule has 2 N–H and O–H groups in total. The van der Waals surface area contributed by atoms with Crippen molar-refractivity contribution in [2.45, 2.75) is 19.9 Å². The molecular weight excluding hydrogens is 539 g/mol. The smallest absolute Gasteiger partial charge is 0.215 e. The van der Waals surface area contributed by atoms with E-state index in [-0.39, 0.29) is 42.3 Å². The lowest BCUT2D eigenvalue weighted by Crippen LogP contribution is -2.41. The number of halogens is 1. The summed E-state index contributed by atoms with van der Waals surface area (Å²) in [6.07, 6.45) is 0. The van der Waals surface area contributed by atoms with Crippen LogP contribution in [0.15, 0.2) is 23.2 Å². The number of nitrogens with one attached hydrogen (secondary N) is 2. The molecule has 1 aromatic carbocycles. The Hall–Kier alpha value is -0.920. The van der Waals surface area contributed by atoms with Crippen molar-refractivity contribution in [3.8, 4) is 11.5 Å². The molecule has 1 unspecified atom stereocenters. The summed E-state index contributed by atoms with van der Waals surface area (Å²) >= 11 is 1.79. The number of methoxy groups -OCH3 is 2. The van der Waals surface area contributed by atoms with Crippen LogP contribution in [0.25, 0.3) is 0 Å². The van der Waals surface area contributed by atoms with Gasteiger partial charge in [0.2, 0.25) is 10.0 Å². The third kappa shape index (κ3) is 7.97. The van der Waals surface area contributed by atoms with Gasteiger partial charge in [-0.3, -0.25) is 4.99 Å². The van der Waals surface area contributed by atoms with Crippen LogP contribution in [0.4, 0.5) is 0 Å². The second-order valence-corrected chi connectivity index (χ2v) is 9.88. The lowest BCUT2D eigenvalue weighted by Gasteiger charge is -2.25. The molecule has 1 aromatic rings. The molecule has 0 amide bonds. The molecule has 2 rings (SSSR count).